The fourth-order valence-electron chi connectivity index (χ4n) is 2.50. The number of sulfonamides is 1. The van der Waals surface area contributed by atoms with Crippen molar-refractivity contribution in [1.82, 2.24) is 15.0 Å². The zero-order valence-electron chi connectivity index (χ0n) is 16.0. The minimum Gasteiger partial charge on any atom is -0.468 e. The van der Waals surface area contributed by atoms with Crippen molar-refractivity contribution in [2.45, 2.75) is 5.03 Å². The van der Waals surface area contributed by atoms with Crippen molar-refractivity contribution in [3.8, 4) is 22.8 Å². The van der Waals surface area contributed by atoms with Crippen molar-refractivity contribution >= 4 is 21.9 Å². The molecule has 0 aliphatic rings. The van der Waals surface area contributed by atoms with Crippen LogP contribution in [0, 0.1) is 0 Å². The second-order valence-corrected chi connectivity index (χ2v) is 7.75. The molecule has 0 fully saturated rings. The summed E-state index contributed by atoms with van der Waals surface area (Å²) in [5.74, 6) is -1.17. The SMILES string of the molecule is COC(=O)CNC(=O)CNS(=O)(=O)c1nc(-c2ccccc2)oc1-c1ccccc1. The smallest absolute Gasteiger partial charge is 0.325 e. The van der Waals surface area contributed by atoms with E-state index < -0.39 is 28.4 Å². The van der Waals surface area contributed by atoms with Gasteiger partial charge in [0, 0.05) is 11.1 Å². The van der Waals surface area contributed by atoms with Crippen molar-refractivity contribution < 1.29 is 27.2 Å². The van der Waals surface area contributed by atoms with Gasteiger partial charge in [0.25, 0.3) is 10.0 Å². The molecule has 0 bridgehead atoms. The van der Waals surface area contributed by atoms with Crippen molar-refractivity contribution in [1.29, 1.82) is 0 Å². The lowest BCUT2D eigenvalue weighted by molar-refractivity contribution is -0.141. The summed E-state index contributed by atoms with van der Waals surface area (Å²) in [4.78, 5) is 27.1. The van der Waals surface area contributed by atoms with Gasteiger partial charge in [-0.2, -0.15) is 4.98 Å². The van der Waals surface area contributed by atoms with E-state index in [9.17, 15) is 18.0 Å². The van der Waals surface area contributed by atoms with Crippen LogP contribution in [0.25, 0.3) is 22.8 Å². The molecule has 0 unspecified atom stereocenters. The normalized spacial score (nSPS) is 11.1. The highest BCUT2D eigenvalue weighted by molar-refractivity contribution is 7.89. The van der Waals surface area contributed by atoms with Gasteiger partial charge < -0.3 is 14.5 Å². The highest BCUT2D eigenvalue weighted by Crippen LogP contribution is 2.32. The number of methoxy groups -OCH3 is 1. The quantitative estimate of drug-likeness (QED) is 0.520. The van der Waals surface area contributed by atoms with Gasteiger partial charge >= 0.3 is 5.97 Å². The van der Waals surface area contributed by atoms with Gasteiger partial charge in [-0.1, -0.05) is 48.5 Å². The molecular formula is C20H19N3O6S. The van der Waals surface area contributed by atoms with Crippen LogP contribution < -0.4 is 10.0 Å². The Morgan fingerprint density at radius 3 is 2.17 bits per heavy atom. The first kappa shape index (κ1) is 21.2. The summed E-state index contributed by atoms with van der Waals surface area (Å²) in [5, 5.41) is 1.91. The third kappa shape index (κ3) is 5.10. The second-order valence-electron chi connectivity index (χ2n) is 6.06. The first-order valence-electron chi connectivity index (χ1n) is 8.85. The predicted molar refractivity (Wildman–Crippen MR) is 108 cm³/mol. The van der Waals surface area contributed by atoms with Crippen LogP contribution in [-0.4, -0.2) is 45.5 Å². The van der Waals surface area contributed by atoms with Crippen LogP contribution in [0.5, 0.6) is 0 Å². The first-order chi connectivity index (χ1) is 14.4. The summed E-state index contributed by atoms with van der Waals surface area (Å²) in [6.45, 7) is -0.949. The zero-order valence-corrected chi connectivity index (χ0v) is 16.8. The summed E-state index contributed by atoms with van der Waals surface area (Å²) in [5.41, 5.74) is 1.12. The highest BCUT2D eigenvalue weighted by atomic mass is 32.2. The number of ether oxygens (including phenoxy) is 1. The van der Waals surface area contributed by atoms with Gasteiger partial charge in [-0.25, -0.2) is 13.1 Å². The Hall–Kier alpha value is -3.50. The van der Waals surface area contributed by atoms with E-state index in [1.54, 1.807) is 54.6 Å². The molecule has 0 saturated heterocycles. The van der Waals surface area contributed by atoms with Gasteiger partial charge in [0.1, 0.15) is 6.54 Å². The molecule has 0 saturated carbocycles. The van der Waals surface area contributed by atoms with E-state index in [4.69, 9.17) is 4.42 Å². The first-order valence-corrected chi connectivity index (χ1v) is 10.3. The predicted octanol–water partition coefficient (Wildman–Crippen LogP) is 1.58. The molecular weight excluding hydrogens is 410 g/mol. The third-order valence-electron chi connectivity index (χ3n) is 3.99. The van der Waals surface area contributed by atoms with E-state index in [0.29, 0.717) is 11.1 Å². The Labute approximate surface area is 173 Å². The number of oxazole rings is 1. The van der Waals surface area contributed by atoms with Gasteiger partial charge in [-0.05, 0) is 12.1 Å². The van der Waals surface area contributed by atoms with Crippen LogP contribution in [0.1, 0.15) is 0 Å². The molecule has 0 aliphatic heterocycles. The van der Waals surface area contributed by atoms with E-state index in [1.165, 1.54) is 7.11 Å². The van der Waals surface area contributed by atoms with E-state index in [-0.39, 0.29) is 23.2 Å². The average molecular weight is 429 g/mol. The Bertz CT molecular complexity index is 1130. The molecule has 2 N–H and O–H groups in total. The minimum atomic E-state index is -4.20. The monoisotopic (exact) mass is 429 g/mol. The van der Waals surface area contributed by atoms with Crippen LogP contribution in [0.4, 0.5) is 0 Å². The van der Waals surface area contributed by atoms with Crippen LogP contribution in [0.3, 0.4) is 0 Å². The molecule has 9 nitrogen and oxygen atoms in total. The number of nitrogens with zero attached hydrogens (tertiary/aromatic N) is 1. The number of hydrogen-bond acceptors (Lipinski definition) is 7. The molecule has 10 heteroatoms. The standard InChI is InChI=1S/C20H19N3O6S/c1-28-17(25)13-21-16(24)12-22-30(26,27)20-18(14-8-4-2-5-9-14)29-19(23-20)15-10-6-3-7-11-15/h2-11,22H,12-13H2,1H3,(H,21,24). The van der Waals surface area contributed by atoms with Crippen LogP contribution in [-0.2, 0) is 24.3 Å². The molecule has 3 rings (SSSR count). The fraction of sp³-hybridized carbons (Fsp3) is 0.150. The maximum Gasteiger partial charge on any atom is 0.325 e. The highest BCUT2D eigenvalue weighted by Gasteiger charge is 2.28. The van der Waals surface area contributed by atoms with E-state index in [0.717, 1.165) is 0 Å². The fourth-order valence-corrected chi connectivity index (χ4v) is 3.56. The maximum absolute atomic E-state index is 12.9. The molecule has 1 amide bonds. The number of aromatic nitrogens is 1. The third-order valence-corrected chi connectivity index (χ3v) is 5.30. The van der Waals surface area contributed by atoms with Gasteiger partial charge in [0.05, 0.1) is 13.7 Å². The topological polar surface area (TPSA) is 128 Å². The second kappa shape index (κ2) is 9.33. The number of rotatable bonds is 8. The molecule has 0 spiro atoms. The number of amides is 1. The number of benzene rings is 2. The Balaban J connectivity index is 1.88. The lowest BCUT2D eigenvalue weighted by Crippen LogP contribution is -2.39. The van der Waals surface area contributed by atoms with Gasteiger partial charge in [-0.3, -0.25) is 9.59 Å². The molecule has 3 aromatic rings. The van der Waals surface area contributed by atoms with Crippen molar-refractivity contribution in [2.75, 3.05) is 20.2 Å². The summed E-state index contributed by atoms with van der Waals surface area (Å²) in [7, 11) is -3.02. The van der Waals surface area contributed by atoms with Crippen LogP contribution >= 0.6 is 0 Å². The maximum atomic E-state index is 12.9. The molecule has 2 aromatic carbocycles. The number of carbonyl (C=O) groups is 2. The number of carbonyl (C=O) groups excluding carboxylic acids is 2. The van der Waals surface area contributed by atoms with Gasteiger partial charge in [0.2, 0.25) is 16.8 Å². The number of hydrogen-bond donors (Lipinski definition) is 2. The van der Waals surface area contributed by atoms with E-state index in [1.807, 2.05) is 6.07 Å². The number of nitrogens with one attached hydrogen (secondary N) is 2. The molecule has 0 radical (unpaired) electrons. The summed E-state index contributed by atoms with van der Waals surface area (Å²) in [6, 6.07) is 17.5. The van der Waals surface area contributed by atoms with E-state index in [2.05, 4.69) is 19.8 Å². The Kier molecular flexibility index (Phi) is 6.60. The molecule has 0 aliphatic carbocycles. The van der Waals surface area contributed by atoms with Crippen molar-refractivity contribution in [3.63, 3.8) is 0 Å². The summed E-state index contributed by atoms with van der Waals surface area (Å²) < 4.78 is 38.1. The number of esters is 1. The molecule has 1 heterocycles. The summed E-state index contributed by atoms with van der Waals surface area (Å²) in [6.07, 6.45) is 0. The van der Waals surface area contributed by atoms with E-state index >= 15 is 0 Å². The van der Waals surface area contributed by atoms with Crippen molar-refractivity contribution in [2.24, 2.45) is 0 Å². The largest absolute Gasteiger partial charge is 0.468 e. The van der Waals surface area contributed by atoms with Crippen LogP contribution in [0.2, 0.25) is 0 Å². The van der Waals surface area contributed by atoms with Gasteiger partial charge in [0.15, 0.2) is 5.76 Å². The Morgan fingerprint density at radius 2 is 1.57 bits per heavy atom. The average Bonchev–Trinajstić information content (AvgIpc) is 3.24. The molecule has 156 valence electrons. The van der Waals surface area contributed by atoms with Crippen LogP contribution in [0.15, 0.2) is 70.1 Å². The molecule has 1 aromatic heterocycles. The lowest BCUT2D eigenvalue weighted by atomic mass is 10.2. The summed E-state index contributed by atoms with van der Waals surface area (Å²) >= 11 is 0. The molecule has 0 atom stereocenters. The van der Waals surface area contributed by atoms with Gasteiger partial charge in [-0.15, -0.1) is 0 Å². The molecule has 30 heavy (non-hydrogen) atoms. The lowest BCUT2D eigenvalue weighted by Gasteiger charge is -2.06. The van der Waals surface area contributed by atoms with Crippen molar-refractivity contribution in [3.05, 3.63) is 60.7 Å². The minimum absolute atomic E-state index is 0.0527. The zero-order chi connectivity index (χ0) is 21.6. The Morgan fingerprint density at radius 1 is 0.967 bits per heavy atom.